The SMILES string of the molecule is CC(C)c1ccc(C(=O)O)c(-c2c3ccc(=[NH2+])c(S(=O)(=O)[O-])c-3oc3c(S(=O)(=O)[O-])c(N)ccc23)c1. The number of carboxylic acid groups (broad SMARTS) is 1. The largest absolute Gasteiger partial charge is 0.744 e. The number of carboxylic acids is 1. The summed E-state index contributed by atoms with van der Waals surface area (Å²) >= 11 is 0. The van der Waals surface area contributed by atoms with E-state index < -0.39 is 58.4 Å². The minimum absolute atomic E-state index is 0.0148. The molecule has 2 aromatic carbocycles. The van der Waals surface area contributed by atoms with Crippen LogP contribution in [0.4, 0.5) is 5.69 Å². The average Bonchev–Trinajstić information content (AvgIpc) is 2.74. The molecule has 188 valence electrons. The van der Waals surface area contributed by atoms with Gasteiger partial charge in [-0.05, 0) is 47.4 Å². The Kier molecular flexibility index (Phi) is 5.92. The molecule has 36 heavy (non-hydrogen) atoms. The highest BCUT2D eigenvalue weighted by atomic mass is 32.2. The number of fused-ring (bicyclic) bond motifs is 2. The molecule has 13 heteroatoms. The third-order valence-corrected chi connectivity index (χ3v) is 7.58. The van der Waals surface area contributed by atoms with E-state index >= 15 is 0 Å². The molecule has 0 spiro atoms. The van der Waals surface area contributed by atoms with Crippen LogP contribution in [0.3, 0.4) is 0 Å². The van der Waals surface area contributed by atoms with E-state index in [0.29, 0.717) is 5.56 Å². The molecule has 0 fully saturated rings. The first kappa shape index (κ1) is 25.3. The molecule has 1 heterocycles. The van der Waals surface area contributed by atoms with Crippen LogP contribution in [0.5, 0.6) is 0 Å². The molecule has 11 nitrogen and oxygen atoms in total. The molecular weight excluding hydrogens is 512 g/mol. The molecule has 0 radical (unpaired) electrons. The summed E-state index contributed by atoms with van der Waals surface area (Å²) in [5.74, 6) is -2.03. The minimum Gasteiger partial charge on any atom is -0.744 e. The predicted molar refractivity (Wildman–Crippen MR) is 125 cm³/mol. The molecule has 0 aromatic heterocycles. The van der Waals surface area contributed by atoms with Crippen LogP contribution >= 0.6 is 0 Å². The van der Waals surface area contributed by atoms with Crippen LogP contribution in [0, 0.1) is 0 Å². The zero-order valence-electron chi connectivity index (χ0n) is 18.8. The molecule has 0 saturated carbocycles. The van der Waals surface area contributed by atoms with Crippen molar-refractivity contribution in [2.45, 2.75) is 29.6 Å². The van der Waals surface area contributed by atoms with Gasteiger partial charge in [-0.2, -0.15) is 0 Å². The molecule has 1 aliphatic heterocycles. The van der Waals surface area contributed by atoms with Crippen LogP contribution in [0.1, 0.15) is 35.7 Å². The second-order valence-electron chi connectivity index (χ2n) is 8.37. The minimum atomic E-state index is -5.28. The maximum Gasteiger partial charge on any atom is 0.336 e. The van der Waals surface area contributed by atoms with E-state index in [-0.39, 0.29) is 33.6 Å². The molecule has 2 aliphatic rings. The van der Waals surface area contributed by atoms with Gasteiger partial charge in [0.05, 0.1) is 11.3 Å². The van der Waals surface area contributed by atoms with E-state index in [9.17, 15) is 35.8 Å². The van der Waals surface area contributed by atoms with Crippen molar-refractivity contribution in [3.63, 3.8) is 0 Å². The molecule has 0 atom stereocenters. The number of benzene rings is 3. The molecule has 0 saturated heterocycles. The maximum absolute atomic E-state index is 12.2. The Morgan fingerprint density at radius 2 is 1.61 bits per heavy atom. The molecular formula is C23H19N2O9S2-. The van der Waals surface area contributed by atoms with E-state index in [1.54, 1.807) is 12.1 Å². The highest BCUT2D eigenvalue weighted by molar-refractivity contribution is 7.86. The fourth-order valence-electron chi connectivity index (χ4n) is 4.12. The van der Waals surface area contributed by atoms with E-state index in [0.717, 1.165) is 12.1 Å². The summed E-state index contributed by atoms with van der Waals surface area (Å²) < 4.78 is 78.3. The van der Waals surface area contributed by atoms with Gasteiger partial charge in [0.1, 0.15) is 25.1 Å². The topological polar surface area (TPSA) is 216 Å². The van der Waals surface area contributed by atoms with E-state index in [1.165, 1.54) is 18.2 Å². The molecule has 1 aliphatic carbocycles. The summed E-state index contributed by atoms with van der Waals surface area (Å²) in [7, 11) is -10.6. The fourth-order valence-corrected chi connectivity index (χ4v) is 5.59. The van der Waals surface area contributed by atoms with E-state index in [1.807, 2.05) is 13.8 Å². The lowest BCUT2D eigenvalue weighted by molar-refractivity contribution is -0.176. The van der Waals surface area contributed by atoms with Crippen molar-refractivity contribution in [1.82, 2.24) is 0 Å². The zero-order chi connectivity index (χ0) is 26.7. The van der Waals surface area contributed by atoms with Gasteiger partial charge in [-0.3, -0.25) is 5.41 Å². The van der Waals surface area contributed by atoms with Crippen LogP contribution in [0.15, 0.2) is 56.7 Å². The number of anilines is 1. The van der Waals surface area contributed by atoms with Gasteiger partial charge in [0.2, 0.25) is 5.36 Å². The number of hydrogen-bond acceptors (Lipinski definition) is 9. The van der Waals surface area contributed by atoms with E-state index in [4.69, 9.17) is 15.6 Å². The van der Waals surface area contributed by atoms with Crippen LogP contribution in [0.2, 0.25) is 0 Å². The third-order valence-electron chi connectivity index (χ3n) is 5.74. The number of aromatic carboxylic acids is 1. The maximum atomic E-state index is 12.2. The molecule has 2 aromatic rings. The molecule has 0 unspecified atom stereocenters. The van der Waals surface area contributed by atoms with Crippen molar-refractivity contribution in [2.75, 3.05) is 5.73 Å². The first-order chi connectivity index (χ1) is 16.6. The summed E-state index contributed by atoms with van der Waals surface area (Å²) in [5, 5.41) is 15.1. The number of nitrogen functional groups attached to an aromatic ring is 1. The van der Waals surface area contributed by atoms with Gasteiger partial charge in [-0.1, -0.05) is 19.9 Å². The van der Waals surface area contributed by atoms with Crippen molar-refractivity contribution < 1.29 is 45.7 Å². The summed E-state index contributed by atoms with van der Waals surface area (Å²) in [6.45, 7) is 3.73. The summed E-state index contributed by atoms with van der Waals surface area (Å²) in [4.78, 5) is 10.2. The highest BCUT2D eigenvalue weighted by Gasteiger charge is 2.30. The van der Waals surface area contributed by atoms with Gasteiger partial charge >= 0.3 is 5.97 Å². The third kappa shape index (κ3) is 4.11. The van der Waals surface area contributed by atoms with Crippen molar-refractivity contribution in [1.29, 1.82) is 0 Å². The number of hydrogen-bond donors (Lipinski definition) is 3. The average molecular weight is 532 g/mol. The van der Waals surface area contributed by atoms with E-state index in [2.05, 4.69) is 0 Å². The van der Waals surface area contributed by atoms with Crippen LogP contribution in [-0.2, 0) is 20.2 Å². The normalized spacial score (nSPS) is 12.5. The second kappa shape index (κ2) is 8.41. The Hall–Kier alpha value is -3.78. The number of rotatable bonds is 5. The zero-order valence-corrected chi connectivity index (χ0v) is 20.4. The number of nitrogens with two attached hydrogens (primary N) is 2. The van der Waals surface area contributed by atoms with Gasteiger partial charge in [-0.25, -0.2) is 21.6 Å². The second-order valence-corrected chi connectivity index (χ2v) is 11.0. The summed E-state index contributed by atoms with van der Waals surface area (Å²) in [5.41, 5.74) is 5.16. The monoisotopic (exact) mass is 531 g/mol. The fraction of sp³-hybridized carbons (Fsp3) is 0.130. The Labute approximate surface area is 205 Å². The van der Waals surface area contributed by atoms with Gasteiger partial charge < -0.3 is 24.4 Å². The predicted octanol–water partition coefficient (Wildman–Crippen LogP) is 1.08. The van der Waals surface area contributed by atoms with Crippen molar-refractivity contribution >= 4 is 42.9 Å². The first-order valence-electron chi connectivity index (χ1n) is 10.3. The molecule has 5 N–H and O–H groups in total. The lowest BCUT2D eigenvalue weighted by atomic mass is 9.88. The van der Waals surface area contributed by atoms with Gasteiger partial charge in [0.15, 0.2) is 16.2 Å². The molecule has 0 amide bonds. The van der Waals surface area contributed by atoms with Crippen LogP contribution in [-0.4, -0.2) is 37.0 Å². The Bertz CT molecular complexity index is 1820. The van der Waals surface area contributed by atoms with Crippen LogP contribution in [0.25, 0.3) is 33.4 Å². The van der Waals surface area contributed by atoms with Crippen molar-refractivity contribution in [3.05, 3.63) is 58.9 Å². The molecule has 0 bridgehead atoms. The summed E-state index contributed by atoms with van der Waals surface area (Å²) in [6.07, 6.45) is 0. The van der Waals surface area contributed by atoms with Crippen molar-refractivity contribution in [3.8, 4) is 22.5 Å². The first-order valence-corrected chi connectivity index (χ1v) is 13.1. The van der Waals surface area contributed by atoms with Crippen LogP contribution < -0.4 is 16.5 Å². The van der Waals surface area contributed by atoms with Crippen molar-refractivity contribution in [2.24, 2.45) is 0 Å². The Balaban J connectivity index is 2.40. The highest BCUT2D eigenvalue weighted by Crippen LogP contribution is 2.46. The smallest absolute Gasteiger partial charge is 0.336 e. The number of carbonyl (C=O) groups is 1. The lowest BCUT2D eigenvalue weighted by Crippen LogP contribution is -2.47. The lowest BCUT2D eigenvalue weighted by Gasteiger charge is -2.22. The van der Waals surface area contributed by atoms with Gasteiger partial charge in [0.25, 0.3) is 0 Å². The standard InChI is InChI=1S/C23H20N2O9S2/c1-10(2)11-3-4-12(23(26)27)15(9-11)18-13-5-7-16(24)21(35(28,29)30)19(13)34-20-14(18)6-8-17(25)22(20)36(31,32)33/h3-10,24H,25H2,1-2H3,(H,26,27)(H,28,29,30)(H,31,32,33)/p-1. The quantitative estimate of drug-likeness (QED) is 0.189. The Morgan fingerprint density at radius 1 is 0.972 bits per heavy atom. The summed E-state index contributed by atoms with van der Waals surface area (Å²) in [6, 6.07) is 9.39. The Morgan fingerprint density at radius 3 is 2.17 bits per heavy atom. The molecule has 4 rings (SSSR count). The van der Waals surface area contributed by atoms with Gasteiger partial charge in [0, 0.05) is 22.6 Å². The van der Waals surface area contributed by atoms with Gasteiger partial charge in [-0.15, -0.1) is 0 Å².